The lowest BCUT2D eigenvalue weighted by molar-refractivity contribution is 0.0730. The Morgan fingerprint density at radius 2 is 1.82 bits per heavy atom. The van der Waals surface area contributed by atoms with Crippen LogP contribution in [0.1, 0.15) is 11.1 Å². The molecule has 2 aromatic carbocycles. The summed E-state index contributed by atoms with van der Waals surface area (Å²) in [5, 5.41) is 3.33. The summed E-state index contributed by atoms with van der Waals surface area (Å²) in [4.78, 5) is 0.278. The zero-order valence-electron chi connectivity index (χ0n) is 16.4. The average Bonchev–Trinajstić information content (AvgIpc) is 2.73. The number of morpholine rings is 1. The lowest BCUT2D eigenvalue weighted by Gasteiger charge is -2.26. The van der Waals surface area contributed by atoms with Crippen molar-refractivity contribution in [3.8, 4) is 11.5 Å². The predicted molar refractivity (Wildman–Crippen MR) is 108 cm³/mol. The first-order valence-corrected chi connectivity index (χ1v) is 10.5. The molecule has 1 aliphatic heterocycles. The van der Waals surface area contributed by atoms with Crippen LogP contribution in [0.25, 0.3) is 0 Å². The Morgan fingerprint density at radius 1 is 1.07 bits per heavy atom. The van der Waals surface area contributed by atoms with Crippen LogP contribution in [0.2, 0.25) is 0 Å². The first-order valence-electron chi connectivity index (χ1n) is 9.09. The second kappa shape index (κ2) is 8.81. The van der Waals surface area contributed by atoms with E-state index in [0.717, 1.165) is 28.3 Å². The topological polar surface area (TPSA) is 77.1 Å². The fourth-order valence-corrected chi connectivity index (χ4v) is 4.53. The van der Waals surface area contributed by atoms with Gasteiger partial charge in [0.1, 0.15) is 11.5 Å². The van der Waals surface area contributed by atoms with Crippen molar-refractivity contribution in [2.24, 2.45) is 0 Å². The van der Waals surface area contributed by atoms with Crippen LogP contribution in [0, 0.1) is 6.92 Å². The van der Waals surface area contributed by atoms with Crippen LogP contribution in [-0.2, 0) is 21.3 Å². The van der Waals surface area contributed by atoms with E-state index in [1.807, 2.05) is 31.2 Å². The fraction of sp³-hybridized carbons (Fsp3) is 0.400. The molecule has 28 heavy (non-hydrogen) atoms. The SMILES string of the molecule is COc1ccc(OC)c(CNc2cc(S(=O)(=O)N3CCOCC3)ccc2C)c1. The molecule has 1 heterocycles. The van der Waals surface area contributed by atoms with Gasteiger partial charge < -0.3 is 19.5 Å². The van der Waals surface area contributed by atoms with E-state index in [2.05, 4.69) is 5.32 Å². The van der Waals surface area contributed by atoms with Gasteiger partial charge in [0.2, 0.25) is 10.0 Å². The monoisotopic (exact) mass is 406 g/mol. The minimum atomic E-state index is -3.54. The van der Waals surface area contributed by atoms with Crippen LogP contribution in [0.15, 0.2) is 41.3 Å². The van der Waals surface area contributed by atoms with Crippen molar-refractivity contribution in [3.63, 3.8) is 0 Å². The number of sulfonamides is 1. The number of rotatable bonds is 7. The third kappa shape index (κ3) is 4.40. The van der Waals surface area contributed by atoms with E-state index in [1.54, 1.807) is 26.4 Å². The van der Waals surface area contributed by atoms with Crippen LogP contribution in [-0.4, -0.2) is 53.2 Å². The highest BCUT2D eigenvalue weighted by molar-refractivity contribution is 7.89. The molecule has 0 atom stereocenters. The van der Waals surface area contributed by atoms with Crippen LogP contribution >= 0.6 is 0 Å². The van der Waals surface area contributed by atoms with Gasteiger partial charge in [-0.15, -0.1) is 0 Å². The van der Waals surface area contributed by atoms with Gasteiger partial charge in [-0.1, -0.05) is 6.07 Å². The standard InChI is InChI=1S/C20H26N2O5S/c1-15-4-6-18(28(23,24)22-8-10-27-11-9-22)13-19(15)21-14-16-12-17(25-2)5-7-20(16)26-3/h4-7,12-13,21H,8-11,14H2,1-3H3. The van der Waals surface area contributed by atoms with E-state index < -0.39 is 10.0 Å². The first-order chi connectivity index (χ1) is 13.5. The Morgan fingerprint density at radius 3 is 2.50 bits per heavy atom. The number of hydrogen-bond acceptors (Lipinski definition) is 6. The van der Waals surface area contributed by atoms with E-state index in [4.69, 9.17) is 14.2 Å². The normalized spacial score (nSPS) is 15.2. The van der Waals surface area contributed by atoms with Crippen molar-refractivity contribution >= 4 is 15.7 Å². The van der Waals surface area contributed by atoms with Crippen LogP contribution in [0.3, 0.4) is 0 Å². The fourth-order valence-electron chi connectivity index (χ4n) is 3.10. The van der Waals surface area contributed by atoms with Crippen LogP contribution in [0.5, 0.6) is 11.5 Å². The van der Waals surface area contributed by atoms with Crippen molar-refractivity contribution in [1.29, 1.82) is 0 Å². The number of nitrogens with zero attached hydrogens (tertiary/aromatic N) is 1. The Kier molecular flexibility index (Phi) is 6.43. The summed E-state index contributed by atoms with van der Waals surface area (Å²) in [5.41, 5.74) is 2.64. The van der Waals surface area contributed by atoms with Crippen molar-refractivity contribution < 1.29 is 22.6 Å². The van der Waals surface area contributed by atoms with Gasteiger partial charge >= 0.3 is 0 Å². The number of aryl methyl sites for hydroxylation is 1. The second-order valence-corrected chi connectivity index (χ2v) is 8.46. The summed E-state index contributed by atoms with van der Waals surface area (Å²) in [6.07, 6.45) is 0. The molecule has 1 N–H and O–H groups in total. The number of hydrogen-bond donors (Lipinski definition) is 1. The van der Waals surface area contributed by atoms with Gasteiger partial charge in [-0.25, -0.2) is 8.42 Å². The van der Waals surface area contributed by atoms with Crippen molar-refractivity contribution in [1.82, 2.24) is 4.31 Å². The smallest absolute Gasteiger partial charge is 0.243 e. The van der Waals surface area contributed by atoms with Gasteiger partial charge in [0.25, 0.3) is 0 Å². The number of methoxy groups -OCH3 is 2. The molecule has 0 spiro atoms. The summed E-state index contributed by atoms with van der Waals surface area (Å²) in [5.74, 6) is 1.47. The highest BCUT2D eigenvalue weighted by Crippen LogP contribution is 2.27. The number of ether oxygens (including phenoxy) is 3. The summed E-state index contributed by atoms with van der Waals surface area (Å²) in [6, 6.07) is 10.7. The first kappa shape index (κ1) is 20.4. The van der Waals surface area contributed by atoms with Crippen molar-refractivity contribution in [2.75, 3.05) is 45.8 Å². The molecule has 8 heteroatoms. The average molecular weight is 407 g/mol. The molecule has 0 bridgehead atoms. The molecule has 0 unspecified atom stereocenters. The Bertz CT molecular complexity index is 924. The highest BCUT2D eigenvalue weighted by atomic mass is 32.2. The summed E-state index contributed by atoms with van der Waals surface area (Å²) in [7, 11) is -0.308. The van der Waals surface area contributed by atoms with Gasteiger partial charge in [-0.2, -0.15) is 4.31 Å². The lowest BCUT2D eigenvalue weighted by atomic mass is 10.1. The van der Waals surface area contributed by atoms with Crippen LogP contribution < -0.4 is 14.8 Å². The molecular formula is C20H26N2O5S. The van der Waals surface area contributed by atoms with E-state index in [9.17, 15) is 8.42 Å². The molecule has 7 nitrogen and oxygen atoms in total. The second-order valence-electron chi connectivity index (χ2n) is 6.52. The number of anilines is 1. The zero-order chi connectivity index (χ0) is 20.1. The minimum Gasteiger partial charge on any atom is -0.497 e. The van der Waals surface area contributed by atoms with Gasteiger partial charge in [-0.05, 0) is 42.8 Å². The zero-order valence-corrected chi connectivity index (χ0v) is 17.2. The third-order valence-electron chi connectivity index (χ3n) is 4.77. The highest BCUT2D eigenvalue weighted by Gasteiger charge is 2.26. The molecule has 0 saturated carbocycles. The van der Waals surface area contributed by atoms with Crippen molar-refractivity contribution in [3.05, 3.63) is 47.5 Å². The van der Waals surface area contributed by atoms with Gasteiger partial charge in [0.15, 0.2) is 0 Å². The molecule has 0 aliphatic carbocycles. The molecule has 0 radical (unpaired) electrons. The summed E-state index contributed by atoms with van der Waals surface area (Å²) < 4.78 is 43.3. The molecule has 2 aromatic rings. The van der Waals surface area contributed by atoms with Crippen LogP contribution in [0.4, 0.5) is 5.69 Å². The Hall–Kier alpha value is -2.29. The molecular weight excluding hydrogens is 380 g/mol. The lowest BCUT2D eigenvalue weighted by Crippen LogP contribution is -2.40. The van der Waals surface area contributed by atoms with E-state index in [0.29, 0.717) is 32.8 Å². The maximum absolute atomic E-state index is 12.9. The van der Waals surface area contributed by atoms with Gasteiger partial charge in [0, 0.05) is 30.9 Å². The Labute approximate surface area is 166 Å². The molecule has 1 fully saturated rings. The molecule has 1 aliphatic rings. The maximum Gasteiger partial charge on any atom is 0.243 e. The largest absolute Gasteiger partial charge is 0.497 e. The number of nitrogens with one attached hydrogen (secondary N) is 1. The van der Waals surface area contributed by atoms with E-state index in [-0.39, 0.29) is 4.90 Å². The van der Waals surface area contributed by atoms with Gasteiger partial charge in [0.05, 0.1) is 32.3 Å². The van der Waals surface area contributed by atoms with Crippen molar-refractivity contribution in [2.45, 2.75) is 18.4 Å². The maximum atomic E-state index is 12.9. The molecule has 152 valence electrons. The third-order valence-corrected chi connectivity index (χ3v) is 6.67. The van der Waals surface area contributed by atoms with Gasteiger partial charge in [-0.3, -0.25) is 0 Å². The molecule has 3 rings (SSSR count). The summed E-state index contributed by atoms with van der Waals surface area (Å²) >= 11 is 0. The molecule has 1 saturated heterocycles. The molecule has 0 amide bonds. The van der Waals surface area contributed by atoms with E-state index in [1.165, 1.54) is 4.31 Å². The van der Waals surface area contributed by atoms with E-state index >= 15 is 0 Å². The quantitative estimate of drug-likeness (QED) is 0.762. The predicted octanol–water partition coefficient (Wildman–Crippen LogP) is 2.65. The molecule has 0 aromatic heterocycles. The number of benzene rings is 2. The summed E-state index contributed by atoms with van der Waals surface area (Å²) in [6.45, 7) is 4.01. The minimum absolute atomic E-state index is 0.278. The Balaban J connectivity index is 1.83.